The molecule has 0 unspecified atom stereocenters. The lowest BCUT2D eigenvalue weighted by Gasteiger charge is -2.13. The van der Waals surface area contributed by atoms with Gasteiger partial charge in [0.1, 0.15) is 11.6 Å². The van der Waals surface area contributed by atoms with E-state index >= 15 is 0 Å². The summed E-state index contributed by atoms with van der Waals surface area (Å²) in [4.78, 5) is 0.882. The second kappa shape index (κ2) is 4.53. The van der Waals surface area contributed by atoms with Crippen LogP contribution in [0.4, 0.5) is 4.39 Å². The van der Waals surface area contributed by atoms with Crippen LogP contribution in [0, 0.1) is 5.82 Å². The van der Waals surface area contributed by atoms with E-state index in [1.54, 1.807) is 0 Å². The highest BCUT2D eigenvalue weighted by Gasteiger charge is 2.17. The van der Waals surface area contributed by atoms with Gasteiger partial charge in [-0.25, -0.2) is 4.39 Å². The van der Waals surface area contributed by atoms with Crippen LogP contribution < -0.4 is 5.73 Å². The predicted octanol–water partition coefficient (Wildman–Crippen LogP) is 3.40. The summed E-state index contributed by atoms with van der Waals surface area (Å²) in [5.41, 5.74) is 6.35. The van der Waals surface area contributed by atoms with Gasteiger partial charge < -0.3 is 10.8 Å². The Morgan fingerprint density at radius 2 is 2.19 bits per heavy atom. The normalized spacial score (nSPS) is 12.7. The zero-order valence-corrected chi connectivity index (χ0v) is 10.6. The van der Waals surface area contributed by atoms with Gasteiger partial charge in [0.2, 0.25) is 0 Å². The highest BCUT2D eigenvalue weighted by molar-refractivity contribution is 9.10. The fourth-order valence-electron chi connectivity index (χ4n) is 1.44. The van der Waals surface area contributed by atoms with E-state index in [4.69, 9.17) is 5.73 Å². The molecule has 0 fully saturated rings. The minimum atomic E-state index is -0.507. The summed E-state index contributed by atoms with van der Waals surface area (Å²) in [6.45, 7) is 0. The zero-order valence-electron chi connectivity index (χ0n) is 8.15. The van der Waals surface area contributed by atoms with Crippen LogP contribution in [0.5, 0.6) is 5.75 Å². The number of phenols is 1. The second-order valence-electron chi connectivity index (χ2n) is 3.32. The third-order valence-electron chi connectivity index (χ3n) is 2.24. The maximum atomic E-state index is 13.2. The highest BCUT2D eigenvalue weighted by atomic mass is 79.9. The first kappa shape index (κ1) is 11.6. The molecule has 1 heterocycles. The molecule has 1 aromatic carbocycles. The van der Waals surface area contributed by atoms with Crippen molar-refractivity contribution in [3.63, 3.8) is 0 Å². The molecule has 0 amide bonds. The minimum Gasteiger partial charge on any atom is -0.506 e. The van der Waals surface area contributed by atoms with Crippen molar-refractivity contribution in [2.75, 3.05) is 0 Å². The van der Waals surface area contributed by atoms with Gasteiger partial charge in [0.05, 0.1) is 10.5 Å². The summed E-state index contributed by atoms with van der Waals surface area (Å²) in [6.07, 6.45) is 0. The largest absolute Gasteiger partial charge is 0.506 e. The van der Waals surface area contributed by atoms with E-state index in [1.165, 1.54) is 23.5 Å². The van der Waals surface area contributed by atoms with Gasteiger partial charge in [0.25, 0.3) is 0 Å². The van der Waals surface area contributed by atoms with Gasteiger partial charge in [0, 0.05) is 10.4 Å². The number of phenolic OH excluding ortho intramolecular Hbond substituents is 1. The number of benzene rings is 1. The zero-order chi connectivity index (χ0) is 11.7. The van der Waals surface area contributed by atoms with E-state index in [-0.39, 0.29) is 5.75 Å². The van der Waals surface area contributed by atoms with Crippen molar-refractivity contribution >= 4 is 27.3 Å². The fraction of sp³-hybridized carbons (Fsp3) is 0.0909. The van der Waals surface area contributed by atoms with Gasteiger partial charge in [0.15, 0.2) is 0 Å². The monoisotopic (exact) mass is 301 g/mol. The van der Waals surface area contributed by atoms with E-state index in [9.17, 15) is 9.50 Å². The number of aromatic hydroxyl groups is 1. The Labute approximate surface area is 105 Å². The van der Waals surface area contributed by atoms with Crippen molar-refractivity contribution < 1.29 is 9.50 Å². The third-order valence-corrected chi connectivity index (χ3v) is 3.80. The molecule has 0 spiro atoms. The fourth-order valence-corrected chi connectivity index (χ4v) is 2.64. The van der Waals surface area contributed by atoms with Crippen molar-refractivity contribution in [3.05, 3.63) is 50.4 Å². The molecule has 0 aliphatic carbocycles. The SMILES string of the molecule is N[C@H](c1cccs1)c1cc(F)cc(Br)c1O. The summed E-state index contributed by atoms with van der Waals surface area (Å²) < 4.78 is 13.5. The van der Waals surface area contributed by atoms with Crippen LogP contribution in [0.1, 0.15) is 16.5 Å². The molecule has 0 aliphatic heterocycles. The average Bonchev–Trinajstić information content (AvgIpc) is 2.75. The van der Waals surface area contributed by atoms with Gasteiger partial charge in [-0.1, -0.05) is 6.07 Å². The van der Waals surface area contributed by atoms with Crippen molar-refractivity contribution in [3.8, 4) is 5.75 Å². The Balaban J connectivity index is 2.48. The molecule has 0 saturated carbocycles. The molecule has 0 aliphatic rings. The van der Waals surface area contributed by atoms with Crippen molar-refractivity contribution in [2.45, 2.75) is 6.04 Å². The summed E-state index contributed by atoms with van der Waals surface area (Å²) in [6, 6.07) is 5.68. The average molecular weight is 302 g/mol. The van der Waals surface area contributed by atoms with Gasteiger partial charge in [-0.2, -0.15) is 0 Å². The van der Waals surface area contributed by atoms with E-state index < -0.39 is 11.9 Å². The molecule has 84 valence electrons. The molecule has 2 aromatic rings. The molecule has 0 saturated heterocycles. The van der Waals surface area contributed by atoms with Crippen LogP contribution in [0.15, 0.2) is 34.1 Å². The Morgan fingerprint density at radius 3 is 2.81 bits per heavy atom. The van der Waals surface area contributed by atoms with Gasteiger partial charge in [-0.05, 0) is 39.5 Å². The summed E-state index contributed by atoms with van der Waals surface area (Å²) >= 11 is 4.56. The predicted molar refractivity (Wildman–Crippen MR) is 66.1 cm³/mol. The molecule has 1 aromatic heterocycles. The van der Waals surface area contributed by atoms with Crippen LogP contribution in [0.2, 0.25) is 0 Å². The number of hydrogen-bond donors (Lipinski definition) is 2. The molecule has 3 N–H and O–H groups in total. The highest BCUT2D eigenvalue weighted by Crippen LogP contribution is 2.35. The molecule has 5 heteroatoms. The molecule has 2 rings (SSSR count). The van der Waals surface area contributed by atoms with Crippen LogP contribution in [0.3, 0.4) is 0 Å². The molecule has 0 bridgehead atoms. The van der Waals surface area contributed by atoms with E-state index in [0.717, 1.165) is 4.88 Å². The quantitative estimate of drug-likeness (QED) is 0.893. The van der Waals surface area contributed by atoms with Crippen LogP contribution in [0.25, 0.3) is 0 Å². The molecular weight excluding hydrogens is 293 g/mol. The number of nitrogens with two attached hydrogens (primary N) is 1. The van der Waals surface area contributed by atoms with Crippen molar-refractivity contribution in [1.29, 1.82) is 0 Å². The van der Waals surface area contributed by atoms with E-state index in [2.05, 4.69) is 15.9 Å². The lowest BCUT2D eigenvalue weighted by Crippen LogP contribution is -2.10. The lowest BCUT2D eigenvalue weighted by atomic mass is 10.1. The van der Waals surface area contributed by atoms with E-state index in [1.807, 2.05) is 17.5 Å². The molecule has 16 heavy (non-hydrogen) atoms. The Morgan fingerprint density at radius 1 is 1.44 bits per heavy atom. The van der Waals surface area contributed by atoms with Crippen LogP contribution in [-0.2, 0) is 0 Å². The van der Waals surface area contributed by atoms with Gasteiger partial charge >= 0.3 is 0 Å². The number of hydrogen-bond acceptors (Lipinski definition) is 3. The Kier molecular flexibility index (Phi) is 3.28. The minimum absolute atomic E-state index is 0.0118. The lowest BCUT2D eigenvalue weighted by molar-refractivity contribution is 0.459. The number of rotatable bonds is 2. The Hall–Kier alpha value is -0.910. The molecular formula is C11H9BrFNOS. The number of halogens is 2. The molecule has 0 radical (unpaired) electrons. The summed E-state index contributed by atoms with van der Waals surface area (Å²) in [5, 5.41) is 11.7. The Bertz CT molecular complexity index is 501. The third kappa shape index (κ3) is 2.11. The van der Waals surface area contributed by atoms with Gasteiger partial charge in [-0.15, -0.1) is 11.3 Å². The number of thiophene rings is 1. The maximum Gasteiger partial charge on any atom is 0.135 e. The second-order valence-corrected chi connectivity index (χ2v) is 5.15. The topological polar surface area (TPSA) is 46.2 Å². The molecule has 1 atom stereocenters. The van der Waals surface area contributed by atoms with Crippen molar-refractivity contribution in [2.24, 2.45) is 5.73 Å². The molecule has 2 nitrogen and oxygen atoms in total. The summed E-state index contributed by atoms with van der Waals surface area (Å²) in [5.74, 6) is -0.436. The first-order valence-corrected chi connectivity index (χ1v) is 6.23. The van der Waals surface area contributed by atoms with Crippen LogP contribution in [-0.4, -0.2) is 5.11 Å². The van der Waals surface area contributed by atoms with Crippen molar-refractivity contribution in [1.82, 2.24) is 0 Å². The first-order chi connectivity index (χ1) is 7.59. The van der Waals surface area contributed by atoms with E-state index in [0.29, 0.717) is 10.0 Å². The first-order valence-electron chi connectivity index (χ1n) is 4.56. The smallest absolute Gasteiger partial charge is 0.135 e. The summed E-state index contributed by atoms with van der Waals surface area (Å²) in [7, 11) is 0. The van der Waals surface area contributed by atoms with Crippen LogP contribution >= 0.6 is 27.3 Å². The standard InChI is InChI=1S/C11H9BrFNOS/c12-8-5-6(13)4-7(11(8)15)10(14)9-2-1-3-16-9/h1-5,10,15H,14H2/t10-/m0/s1. The van der Waals surface area contributed by atoms with Gasteiger partial charge in [-0.3, -0.25) is 0 Å². The maximum absolute atomic E-state index is 13.2.